The van der Waals surface area contributed by atoms with E-state index in [0.717, 1.165) is 70.4 Å². The summed E-state index contributed by atoms with van der Waals surface area (Å²) in [6.07, 6.45) is 8.35. The second-order valence-electron chi connectivity index (χ2n) is 8.91. The number of carbonyl (C=O) groups excluding carboxylic acids is 1. The van der Waals surface area contributed by atoms with E-state index < -0.39 is 10.0 Å². The molecule has 7 heteroatoms. The SMILES string of the molecule is O=C(/C=C/c1ccc(S(=O)(=O)NC2CC2)cc1)N1CCCN(CCCc2ccccc2)CC1. The fourth-order valence-corrected chi connectivity index (χ4v) is 5.39. The number of amides is 1. The zero-order chi connectivity index (χ0) is 23.1. The Labute approximate surface area is 197 Å². The highest BCUT2D eigenvalue weighted by molar-refractivity contribution is 7.89. The molecule has 1 heterocycles. The second kappa shape index (κ2) is 11.1. The predicted molar refractivity (Wildman–Crippen MR) is 131 cm³/mol. The van der Waals surface area contributed by atoms with Crippen molar-refractivity contribution in [2.45, 2.75) is 43.0 Å². The van der Waals surface area contributed by atoms with E-state index in [4.69, 9.17) is 0 Å². The first kappa shape index (κ1) is 23.7. The molecule has 1 saturated carbocycles. The minimum atomic E-state index is -3.45. The van der Waals surface area contributed by atoms with Gasteiger partial charge < -0.3 is 9.80 Å². The highest BCUT2D eigenvalue weighted by atomic mass is 32.2. The molecule has 0 unspecified atom stereocenters. The molecule has 1 saturated heterocycles. The summed E-state index contributed by atoms with van der Waals surface area (Å²) in [6, 6.07) is 17.3. The smallest absolute Gasteiger partial charge is 0.246 e. The van der Waals surface area contributed by atoms with Gasteiger partial charge in [0.2, 0.25) is 15.9 Å². The molecule has 6 nitrogen and oxygen atoms in total. The van der Waals surface area contributed by atoms with Crippen molar-refractivity contribution in [2.75, 3.05) is 32.7 Å². The first-order valence-electron chi connectivity index (χ1n) is 11.9. The number of benzene rings is 2. The molecule has 2 aliphatic rings. The van der Waals surface area contributed by atoms with Crippen LogP contribution in [0.3, 0.4) is 0 Å². The molecular formula is C26H33N3O3S. The third kappa shape index (κ3) is 7.25. The van der Waals surface area contributed by atoms with Gasteiger partial charge in [-0.05, 0) is 74.5 Å². The van der Waals surface area contributed by atoms with Crippen LogP contribution in [0.2, 0.25) is 0 Å². The van der Waals surface area contributed by atoms with E-state index in [-0.39, 0.29) is 16.8 Å². The van der Waals surface area contributed by atoms with Gasteiger partial charge >= 0.3 is 0 Å². The Kier molecular flexibility index (Phi) is 7.96. The van der Waals surface area contributed by atoms with Crippen LogP contribution >= 0.6 is 0 Å². The molecule has 0 bridgehead atoms. The Morgan fingerprint density at radius 2 is 1.73 bits per heavy atom. The van der Waals surface area contributed by atoms with Crippen LogP contribution in [-0.4, -0.2) is 62.9 Å². The van der Waals surface area contributed by atoms with Crippen LogP contribution in [0.5, 0.6) is 0 Å². The molecule has 33 heavy (non-hydrogen) atoms. The van der Waals surface area contributed by atoms with Crippen molar-refractivity contribution in [3.8, 4) is 0 Å². The van der Waals surface area contributed by atoms with Crippen molar-refractivity contribution in [2.24, 2.45) is 0 Å². The van der Waals surface area contributed by atoms with Gasteiger partial charge in [-0.25, -0.2) is 13.1 Å². The number of nitrogens with one attached hydrogen (secondary N) is 1. The van der Waals surface area contributed by atoms with Crippen molar-refractivity contribution in [1.29, 1.82) is 0 Å². The molecule has 0 aromatic heterocycles. The highest BCUT2D eigenvalue weighted by Gasteiger charge is 2.27. The van der Waals surface area contributed by atoms with Crippen molar-refractivity contribution >= 4 is 22.0 Å². The maximum Gasteiger partial charge on any atom is 0.246 e. The third-order valence-corrected chi connectivity index (χ3v) is 7.73. The van der Waals surface area contributed by atoms with Gasteiger partial charge in [0.25, 0.3) is 0 Å². The Hall–Kier alpha value is -2.48. The maximum atomic E-state index is 12.7. The van der Waals surface area contributed by atoms with Gasteiger partial charge in [-0.3, -0.25) is 4.79 Å². The van der Waals surface area contributed by atoms with Crippen LogP contribution in [0.4, 0.5) is 0 Å². The number of rotatable bonds is 9. The molecule has 176 valence electrons. The van der Waals surface area contributed by atoms with Crippen molar-refractivity contribution in [1.82, 2.24) is 14.5 Å². The quantitative estimate of drug-likeness (QED) is 0.575. The number of hydrogen-bond acceptors (Lipinski definition) is 4. The van der Waals surface area contributed by atoms with Crippen LogP contribution in [0.15, 0.2) is 65.6 Å². The molecule has 1 amide bonds. The zero-order valence-corrected chi connectivity index (χ0v) is 19.8. The first-order chi connectivity index (χ1) is 16.0. The van der Waals surface area contributed by atoms with E-state index in [1.54, 1.807) is 36.4 Å². The largest absolute Gasteiger partial charge is 0.338 e. The number of sulfonamides is 1. The molecule has 1 aliphatic heterocycles. The monoisotopic (exact) mass is 467 g/mol. The molecule has 2 fully saturated rings. The van der Waals surface area contributed by atoms with E-state index in [0.29, 0.717) is 0 Å². The molecule has 0 radical (unpaired) electrons. The van der Waals surface area contributed by atoms with E-state index >= 15 is 0 Å². The summed E-state index contributed by atoms with van der Waals surface area (Å²) < 4.78 is 27.2. The van der Waals surface area contributed by atoms with Gasteiger partial charge in [0.15, 0.2) is 0 Å². The van der Waals surface area contributed by atoms with Gasteiger partial charge in [-0.1, -0.05) is 42.5 Å². The van der Waals surface area contributed by atoms with Gasteiger partial charge in [0, 0.05) is 31.8 Å². The summed E-state index contributed by atoms with van der Waals surface area (Å²) in [7, 11) is -3.45. The van der Waals surface area contributed by atoms with Crippen molar-refractivity contribution < 1.29 is 13.2 Å². The normalized spacial score (nSPS) is 17.9. The summed E-state index contributed by atoms with van der Waals surface area (Å²) in [6.45, 7) is 4.47. The lowest BCUT2D eigenvalue weighted by Gasteiger charge is -2.21. The van der Waals surface area contributed by atoms with Crippen LogP contribution in [0, 0.1) is 0 Å². The third-order valence-electron chi connectivity index (χ3n) is 6.19. The summed E-state index contributed by atoms with van der Waals surface area (Å²) in [5, 5.41) is 0. The van der Waals surface area contributed by atoms with Gasteiger partial charge in [0.1, 0.15) is 0 Å². The molecule has 4 rings (SSSR count). The molecule has 0 spiro atoms. The minimum absolute atomic E-state index is 0.00762. The molecule has 2 aromatic rings. The number of aryl methyl sites for hydroxylation is 1. The van der Waals surface area contributed by atoms with Gasteiger partial charge in [-0.15, -0.1) is 0 Å². The summed E-state index contributed by atoms with van der Waals surface area (Å²) in [5.41, 5.74) is 2.19. The lowest BCUT2D eigenvalue weighted by Crippen LogP contribution is -2.34. The Morgan fingerprint density at radius 1 is 0.970 bits per heavy atom. The summed E-state index contributed by atoms with van der Waals surface area (Å²) >= 11 is 0. The second-order valence-corrected chi connectivity index (χ2v) is 10.6. The number of nitrogens with zero attached hydrogens (tertiary/aromatic N) is 2. The first-order valence-corrected chi connectivity index (χ1v) is 13.3. The predicted octanol–water partition coefficient (Wildman–Crippen LogP) is 3.31. The Balaban J connectivity index is 1.23. The van der Waals surface area contributed by atoms with E-state index in [1.807, 2.05) is 11.0 Å². The molecule has 0 atom stereocenters. The topological polar surface area (TPSA) is 69.7 Å². The van der Waals surface area contributed by atoms with Crippen LogP contribution < -0.4 is 4.72 Å². The average molecular weight is 468 g/mol. The number of hydrogen-bond donors (Lipinski definition) is 1. The standard InChI is InChI=1S/C26H33N3O3S/c30-26(16-11-23-9-14-25(15-10-23)33(31,32)27-24-12-13-24)29-19-5-18-28(20-21-29)17-4-8-22-6-2-1-3-7-22/h1-3,6-7,9-11,14-16,24,27H,4-5,8,12-13,17-21H2/b16-11+. The van der Waals surface area contributed by atoms with Crippen molar-refractivity contribution in [3.05, 3.63) is 71.8 Å². The summed E-state index contributed by atoms with van der Waals surface area (Å²) in [5.74, 6) is 0.00762. The molecule has 1 N–H and O–H groups in total. The maximum absolute atomic E-state index is 12.7. The van der Waals surface area contributed by atoms with E-state index in [2.05, 4.69) is 33.9 Å². The summed E-state index contributed by atoms with van der Waals surface area (Å²) in [4.78, 5) is 17.3. The van der Waals surface area contributed by atoms with Crippen LogP contribution in [0.25, 0.3) is 6.08 Å². The molecule has 2 aromatic carbocycles. The van der Waals surface area contributed by atoms with Crippen LogP contribution in [0.1, 0.15) is 36.8 Å². The van der Waals surface area contributed by atoms with Crippen LogP contribution in [-0.2, 0) is 21.2 Å². The Morgan fingerprint density at radius 3 is 2.45 bits per heavy atom. The van der Waals surface area contributed by atoms with Crippen molar-refractivity contribution in [3.63, 3.8) is 0 Å². The fraction of sp³-hybridized carbons (Fsp3) is 0.423. The van der Waals surface area contributed by atoms with E-state index in [1.165, 1.54) is 5.56 Å². The lowest BCUT2D eigenvalue weighted by molar-refractivity contribution is -0.125. The molecular weight excluding hydrogens is 434 g/mol. The lowest BCUT2D eigenvalue weighted by atomic mass is 10.1. The zero-order valence-electron chi connectivity index (χ0n) is 19.0. The minimum Gasteiger partial charge on any atom is -0.338 e. The van der Waals surface area contributed by atoms with E-state index in [9.17, 15) is 13.2 Å². The fourth-order valence-electron chi connectivity index (χ4n) is 4.09. The molecule has 1 aliphatic carbocycles. The average Bonchev–Trinajstić information content (AvgIpc) is 3.65. The number of carbonyl (C=O) groups is 1. The highest BCUT2D eigenvalue weighted by Crippen LogP contribution is 2.22. The Bertz CT molecular complexity index is 1050. The van der Waals surface area contributed by atoms with Gasteiger partial charge in [0.05, 0.1) is 4.90 Å². The van der Waals surface area contributed by atoms with Gasteiger partial charge in [-0.2, -0.15) is 0 Å².